The van der Waals surface area contributed by atoms with Gasteiger partial charge in [-0.2, -0.15) is 0 Å². The van der Waals surface area contributed by atoms with Gasteiger partial charge in [0.2, 0.25) is 0 Å². The minimum atomic E-state index is -0.586. The normalized spacial score (nSPS) is 16.8. The summed E-state index contributed by atoms with van der Waals surface area (Å²) in [5.41, 5.74) is 0.883. The highest BCUT2D eigenvalue weighted by Crippen LogP contribution is 2.14. The maximum absolute atomic E-state index is 12.0. The van der Waals surface area contributed by atoms with Gasteiger partial charge in [-0.3, -0.25) is 4.79 Å². The smallest absolute Gasteiger partial charge is 0.410 e. The number of hydrogen-bond acceptors (Lipinski definition) is 5. The summed E-state index contributed by atoms with van der Waals surface area (Å²) in [6, 6.07) is 9.32. The molecule has 2 rings (SSSR count). The van der Waals surface area contributed by atoms with Crippen LogP contribution in [0.15, 0.2) is 30.3 Å². The lowest BCUT2D eigenvalue weighted by Gasteiger charge is -2.16. The number of alkyl carbamates (subject to hydrolysis) is 1. The van der Waals surface area contributed by atoms with Crippen molar-refractivity contribution in [3.63, 3.8) is 0 Å². The summed E-state index contributed by atoms with van der Waals surface area (Å²) in [7, 11) is 0. The molecule has 0 saturated carbocycles. The van der Waals surface area contributed by atoms with E-state index in [1.54, 1.807) is 0 Å². The van der Waals surface area contributed by atoms with E-state index in [0.717, 1.165) is 5.56 Å². The van der Waals surface area contributed by atoms with Gasteiger partial charge in [0.25, 0.3) is 0 Å². The van der Waals surface area contributed by atoms with Crippen LogP contribution >= 0.6 is 0 Å². The maximum Gasteiger partial charge on any atom is 0.410 e. The summed E-state index contributed by atoms with van der Waals surface area (Å²) < 4.78 is 10.2. The third kappa shape index (κ3) is 6.10. The molecule has 1 unspecified atom stereocenters. The number of ether oxygens (including phenoxy) is 2. The number of nitrogens with zero attached hydrogens (tertiary/aromatic N) is 1. The van der Waals surface area contributed by atoms with Crippen LogP contribution in [0.2, 0.25) is 0 Å². The van der Waals surface area contributed by atoms with Gasteiger partial charge < -0.3 is 19.7 Å². The van der Waals surface area contributed by atoms with E-state index in [-0.39, 0.29) is 37.9 Å². The molecule has 0 bridgehead atoms. The largest absolute Gasteiger partial charge is 0.449 e. The summed E-state index contributed by atoms with van der Waals surface area (Å²) in [5.74, 6) is -0.292. The molecule has 1 saturated heterocycles. The molecule has 136 valence electrons. The predicted molar refractivity (Wildman–Crippen MR) is 90.9 cm³/mol. The minimum absolute atomic E-state index is 0.0162. The highest BCUT2D eigenvalue weighted by Gasteiger charge is 2.34. The lowest BCUT2D eigenvalue weighted by molar-refractivity contribution is -0.119. The van der Waals surface area contributed by atoms with Crippen molar-refractivity contribution in [1.29, 1.82) is 0 Å². The van der Waals surface area contributed by atoms with Crippen molar-refractivity contribution in [2.24, 2.45) is 11.8 Å². The number of amides is 2. The molecular formula is C18H24N2O5. The van der Waals surface area contributed by atoms with Crippen molar-refractivity contribution >= 4 is 18.0 Å². The molecule has 1 fully saturated rings. The SMILES string of the molecule is CC(C)COC(=O)N1CC(=O)C(CNC(=O)OCc2ccccc2)C1. The van der Waals surface area contributed by atoms with E-state index in [2.05, 4.69) is 5.32 Å². The quantitative estimate of drug-likeness (QED) is 0.852. The fraction of sp³-hybridized carbons (Fsp3) is 0.500. The van der Waals surface area contributed by atoms with Gasteiger partial charge in [0.1, 0.15) is 6.61 Å². The van der Waals surface area contributed by atoms with Gasteiger partial charge in [0.15, 0.2) is 5.78 Å². The van der Waals surface area contributed by atoms with Crippen LogP contribution in [-0.4, -0.2) is 49.1 Å². The third-order valence-corrected chi connectivity index (χ3v) is 3.75. The number of carbonyl (C=O) groups excluding carboxylic acids is 3. The first-order valence-electron chi connectivity index (χ1n) is 8.34. The van der Waals surface area contributed by atoms with Gasteiger partial charge in [0.05, 0.1) is 19.1 Å². The van der Waals surface area contributed by atoms with Crippen LogP contribution < -0.4 is 5.32 Å². The van der Waals surface area contributed by atoms with E-state index in [4.69, 9.17) is 9.47 Å². The van der Waals surface area contributed by atoms with Crippen molar-refractivity contribution in [1.82, 2.24) is 10.2 Å². The molecule has 1 aliphatic heterocycles. The highest BCUT2D eigenvalue weighted by atomic mass is 16.6. The molecule has 0 radical (unpaired) electrons. The molecule has 0 spiro atoms. The van der Waals surface area contributed by atoms with Gasteiger partial charge >= 0.3 is 12.2 Å². The Balaban J connectivity index is 1.70. The number of ketones is 1. The van der Waals surface area contributed by atoms with Crippen molar-refractivity contribution in [3.8, 4) is 0 Å². The number of benzene rings is 1. The average molecular weight is 348 g/mol. The minimum Gasteiger partial charge on any atom is -0.449 e. The Kier molecular flexibility index (Phi) is 6.80. The predicted octanol–water partition coefficient (Wildman–Crippen LogP) is 2.21. The van der Waals surface area contributed by atoms with Crippen LogP contribution in [-0.2, 0) is 20.9 Å². The van der Waals surface area contributed by atoms with E-state index in [0.29, 0.717) is 6.61 Å². The number of Topliss-reactive ketones (excluding diaryl/α,β-unsaturated/α-hetero) is 1. The summed E-state index contributed by atoms with van der Waals surface area (Å²) in [5, 5.41) is 2.57. The second-order valence-electron chi connectivity index (χ2n) is 6.46. The first kappa shape index (κ1) is 18.8. The Labute approximate surface area is 147 Å². The second kappa shape index (κ2) is 9.05. The lowest BCUT2D eigenvalue weighted by atomic mass is 10.1. The molecule has 7 heteroatoms. The van der Waals surface area contributed by atoms with E-state index in [9.17, 15) is 14.4 Å². The first-order chi connectivity index (χ1) is 12.0. The fourth-order valence-electron chi connectivity index (χ4n) is 2.38. The molecule has 7 nitrogen and oxygen atoms in total. The zero-order valence-corrected chi connectivity index (χ0v) is 14.6. The summed E-state index contributed by atoms with van der Waals surface area (Å²) in [6.07, 6.45) is -1.08. The molecule has 1 N–H and O–H groups in total. The topological polar surface area (TPSA) is 84.9 Å². The van der Waals surface area contributed by atoms with E-state index in [1.807, 2.05) is 44.2 Å². The lowest BCUT2D eigenvalue weighted by Crippen LogP contribution is -2.34. The molecule has 1 atom stereocenters. The monoisotopic (exact) mass is 348 g/mol. The van der Waals surface area contributed by atoms with Crippen LogP contribution in [0.5, 0.6) is 0 Å². The van der Waals surface area contributed by atoms with Crippen LogP contribution in [0.1, 0.15) is 19.4 Å². The number of nitrogens with one attached hydrogen (secondary N) is 1. The van der Waals surface area contributed by atoms with Crippen LogP contribution in [0.3, 0.4) is 0 Å². The first-order valence-corrected chi connectivity index (χ1v) is 8.34. The molecule has 1 aromatic carbocycles. The van der Waals surface area contributed by atoms with Gasteiger partial charge in [-0.05, 0) is 11.5 Å². The van der Waals surface area contributed by atoms with Gasteiger partial charge in [-0.25, -0.2) is 9.59 Å². The fourth-order valence-corrected chi connectivity index (χ4v) is 2.38. The van der Waals surface area contributed by atoms with Crippen molar-refractivity contribution in [3.05, 3.63) is 35.9 Å². The Bertz CT molecular complexity index is 603. The molecule has 2 amide bonds. The number of hydrogen-bond donors (Lipinski definition) is 1. The average Bonchev–Trinajstić information content (AvgIpc) is 2.98. The van der Waals surface area contributed by atoms with E-state index >= 15 is 0 Å². The third-order valence-electron chi connectivity index (χ3n) is 3.75. The molecule has 1 aromatic rings. The molecule has 25 heavy (non-hydrogen) atoms. The summed E-state index contributed by atoms with van der Waals surface area (Å²) in [4.78, 5) is 36.9. The van der Waals surface area contributed by atoms with Crippen LogP contribution in [0.25, 0.3) is 0 Å². The van der Waals surface area contributed by atoms with Crippen LogP contribution in [0.4, 0.5) is 9.59 Å². The zero-order chi connectivity index (χ0) is 18.2. The molecular weight excluding hydrogens is 324 g/mol. The number of rotatable bonds is 6. The zero-order valence-electron chi connectivity index (χ0n) is 14.6. The Hall–Kier alpha value is -2.57. The van der Waals surface area contributed by atoms with Crippen molar-refractivity contribution < 1.29 is 23.9 Å². The maximum atomic E-state index is 12.0. The van der Waals surface area contributed by atoms with Gasteiger partial charge in [-0.1, -0.05) is 44.2 Å². The Morgan fingerprint density at radius 1 is 1.24 bits per heavy atom. The molecule has 1 aliphatic rings. The molecule has 1 heterocycles. The molecule has 0 aromatic heterocycles. The van der Waals surface area contributed by atoms with E-state index in [1.165, 1.54) is 4.90 Å². The Morgan fingerprint density at radius 2 is 1.96 bits per heavy atom. The Morgan fingerprint density at radius 3 is 2.64 bits per heavy atom. The van der Waals surface area contributed by atoms with Crippen molar-refractivity contribution in [2.75, 3.05) is 26.2 Å². The number of likely N-dealkylation sites (tertiary alicyclic amines) is 1. The number of carbonyl (C=O) groups is 3. The second-order valence-corrected chi connectivity index (χ2v) is 6.46. The van der Waals surface area contributed by atoms with Gasteiger partial charge in [0, 0.05) is 13.1 Å². The standard InChI is InChI=1S/C18H24N2O5/c1-13(2)11-25-18(23)20-9-15(16(21)10-20)8-19-17(22)24-12-14-6-4-3-5-7-14/h3-7,13,15H,8-12H2,1-2H3,(H,19,22). The van der Waals surface area contributed by atoms with Crippen molar-refractivity contribution in [2.45, 2.75) is 20.5 Å². The summed E-state index contributed by atoms with van der Waals surface area (Å²) in [6.45, 7) is 4.76. The van der Waals surface area contributed by atoms with Gasteiger partial charge in [-0.15, -0.1) is 0 Å². The highest BCUT2D eigenvalue weighted by molar-refractivity contribution is 5.89. The summed E-state index contributed by atoms with van der Waals surface area (Å²) >= 11 is 0. The van der Waals surface area contributed by atoms with E-state index < -0.39 is 18.1 Å². The molecule has 0 aliphatic carbocycles. The van der Waals surface area contributed by atoms with Crippen LogP contribution in [0, 0.1) is 11.8 Å².